The second-order valence-corrected chi connectivity index (χ2v) is 5.88. The highest BCUT2D eigenvalue weighted by atomic mass is 32.2. The summed E-state index contributed by atoms with van der Waals surface area (Å²) < 4.78 is 5.18. The van der Waals surface area contributed by atoms with E-state index in [-0.39, 0.29) is 12.1 Å². The van der Waals surface area contributed by atoms with Crippen LogP contribution in [-0.2, 0) is 4.79 Å². The lowest BCUT2D eigenvalue weighted by Crippen LogP contribution is -2.46. The molecule has 1 atom stereocenters. The second kappa shape index (κ2) is 7.21. The minimum Gasteiger partial charge on any atom is -0.480 e. The predicted octanol–water partition coefficient (Wildman–Crippen LogP) is 2.12. The van der Waals surface area contributed by atoms with Crippen LogP contribution in [0.1, 0.15) is 6.92 Å². The maximum Gasteiger partial charge on any atom is 0.341 e. The maximum absolute atomic E-state index is 12.3. The topological polar surface area (TPSA) is 78.9 Å². The molecule has 114 valence electrons. The Balaban J connectivity index is 2.04. The van der Waals surface area contributed by atoms with Crippen LogP contribution in [0.25, 0.3) is 0 Å². The van der Waals surface area contributed by atoms with Crippen molar-refractivity contribution in [2.75, 3.05) is 30.0 Å². The first-order valence-electron chi connectivity index (χ1n) is 6.67. The number of carboxylic acid groups (broad SMARTS) is 1. The van der Waals surface area contributed by atoms with E-state index in [0.29, 0.717) is 18.0 Å². The lowest BCUT2D eigenvalue weighted by Gasteiger charge is -2.33. The van der Waals surface area contributed by atoms with E-state index in [4.69, 9.17) is 9.84 Å². The molecule has 0 radical (unpaired) electrons. The molecule has 1 unspecified atom stereocenters. The first-order valence-corrected chi connectivity index (χ1v) is 7.82. The van der Waals surface area contributed by atoms with E-state index < -0.39 is 12.6 Å². The molecule has 1 aliphatic rings. The predicted molar refractivity (Wildman–Crippen MR) is 82.1 cm³/mol. The van der Waals surface area contributed by atoms with E-state index in [1.54, 1.807) is 29.2 Å². The van der Waals surface area contributed by atoms with Gasteiger partial charge >= 0.3 is 12.0 Å². The maximum atomic E-state index is 12.3. The fraction of sp³-hybridized carbons (Fsp3) is 0.429. The zero-order valence-electron chi connectivity index (χ0n) is 11.7. The zero-order chi connectivity index (χ0) is 15.2. The van der Waals surface area contributed by atoms with Gasteiger partial charge in [0.15, 0.2) is 6.61 Å². The van der Waals surface area contributed by atoms with Crippen LogP contribution in [0.5, 0.6) is 5.75 Å². The molecule has 1 saturated heterocycles. The van der Waals surface area contributed by atoms with Crippen LogP contribution in [0.3, 0.4) is 0 Å². The molecule has 0 bridgehead atoms. The van der Waals surface area contributed by atoms with E-state index in [0.717, 1.165) is 11.5 Å². The van der Waals surface area contributed by atoms with Gasteiger partial charge in [0.25, 0.3) is 0 Å². The molecule has 1 aromatic rings. The average molecular weight is 310 g/mol. The molecule has 1 aliphatic heterocycles. The molecule has 2 rings (SSSR count). The van der Waals surface area contributed by atoms with Crippen molar-refractivity contribution in [3.05, 3.63) is 24.3 Å². The Labute approximate surface area is 127 Å². The summed E-state index contributed by atoms with van der Waals surface area (Å²) in [5, 5.41) is 11.5. The molecule has 0 aromatic heterocycles. The molecule has 2 amide bonds. The van der Waals surface area contributed by atoms with Gasteiger partial charge in [0, 0.05) is 24.1 Å². The number of urea groups is 1. The number of nitrogens with zero attached hydrogens (tertiary/aromatic N) is 1. The highest BCUT2D eigenvalue weighted by Gasteiger charge is 2.24. The minimum absolute atomic E-state index is 0.177. The molecule has 0 saturated carbocycles. The van der Waals surface area contributed by atoms with Gasteiger partial charge in [-0.05, 0) is 19.1 Å². The van der Waals surface area contributed by atoms with Crippen molar-refractivity contribution in [2.45, 2.75) is 13.0 Å². The van der Waals surface area contributed by atoms with Gasteiger partial charge in [0.05, 0.1) is 5.69 Å². The number of ether oxygens (including phenoxy) is 1. The normalized spacial score (nSPS) is 18.1. The van der Waals surface area contributed by atoms with Crippen LogP contribution < -0.4 is 10.1 Å². The van der Waals surface area contributed by atoms with Gasteiger partial charge in [0.1, 0.15) is 5.75 Å². The van der Waals surface area contributed by atoms with Crippen molar-refractivity contribution in [1.82, 2.24) is 4.90 Å². The number of hydrogen-bond donors (Lipinski definition) is 2. The Kier molecular flexibility index (Phi) is 5.32. The van der Waals surface area contributed by atoms with E-state index in [9.17, 15) is 9.59 Å². The molecule has 21 heavy (non-hydrogen) atoms. The number of thioether (sulfide) groups is 1. The molecule has 0 aliphatic carbocycles. The Morgan fingerprint density at radius 2 is 2.24 bits per heavy atom. The highest BCUT2D eigenvalue weighted by Crippen LogP contribution is 2.25. The number of amides is 2. The van der Waals surface area contributed by atoms with Gasteiger partial charge < -0.3 is 20.1 Å². The number of aliphatic carboxylic acids is 1. The van der Waals surface area contributed by atoms with Gasteiger partial charge in [-0.2, -0.15) is 11.8 Å². The molecule has 6 nitrogen and oxygen atoms in total. The second-order valence-electron chi connectivity index (χ2n) is 4.73. The molecule has 0 spiro atoms. The number of nitrogens with one attached hydrogen (secondary N) is 1. The monoisotopic (exact) mass is 310 g/mol. The van der Waals surface area contributed by atoms with Crippen LogP contribution in [0.2, 0.25) is 0 Å². The van der Waals surface area contributed by atoms with Gasteiger partial charge in [0.2, 0.25) is 0 Å². The third kappa shape index (κ3) is 4.29. The van der Waals surface area contributed by atoms with Crippen molar-refractivity contribution in [1.29, 1.82) is 0 Å². The van der Waals surface area contributed by atoms with Crippen molar-refractivity contribution < 1.29 is 19.4 Å². The van der Waals surface area contributed by atoms with Crippen LogP contribution in [0.15, 0.2) is 24.3 Å². The average Bonchev–Trinajstić information content (AvgIpc) is 2.46. The van der Waals surface area contributed by atoms with Crippen molar-refractivity contribution in [3.8, 4) is 5.75 Å². The van der Waals surface area contributed by atoms with Crippen LogP contribution in [-0.4, -0.2) is 52.7 Å². The van der Waals surface area contributed by atoms with Gasteiger partial charge in [-0.1, -0.05) is 12.1 Å². The molecule has 1 fully saturated rings. The molecule has 7 heteroatoms. The van der Waals surface area contributed by atoms with Crippen molar-refractivity contribution in [3.63, 3.8) is 0 Å². The third-order valence-corrected chi connectivity index (χ3v) is 4.30. The Morgan fingerprint density at radius 3 is 2.95 bits per heavy atom. The fourth-order valence-corrected chi connectivity index (χ4v) is 3.06. The summed E-state index contributed by atoms with van der Waals surface area (Å²) >= 11 is 1.83. The Morgan fingerprint density at radius 1 is 1.48 bits per heavy atom. The molecule has 1 aromatic carbocycles. The number of rotatable bonds is 4. The number of hydrogen-bond acceptors (Lipinski definition) is 4. The summed E-state index contributed by atoms with van der Waals surface area (Å²) in [6, 6.07) is 6.81. The summed E-state index contributed by atoms with van der Waals surface area (Å²) in [6.07, 6.45) is 0. The summed E-state index contributed by atoms with van der Waals surface area (Å²) in [4.78, 5) is 24.7. The van der Waals surface area contributed by atoms with Gasteiger partial charge in [-0.15, -0.1) is 0 Å². The number of carbonyl (C=O) groups excluding carboxylic acids is 1. The summed E-state index contributed by atoms with van der Waals surface area (Å²) in [6.45, 7) is 2.28. The van der Waals surface area contributed by atoms with Crippen molar-refractivity contribution in [2.24, 2.45) is 0 Å². The quantitative estimate of drug-likeness (QED) is 0.890. The number of carboxylic acids is 1. The third-order valence-electron chi connectivity index (χ3n) is 3.11. The number of carbonyl (C=O) groups is 2. The number of benzene rings is 1. The van der Waals surface area contributed by atoms with Crippen molar-refractivity contribution >= 4 is 29.4 Å². The molecule has 2 N–H and O–H groups in total. The SMILES string of the molecule is CC1CSCCN1C(=O)Nc1ccccc1OCC(=O)O. The Hall–Kier alpha value is -1.89. The smallest absolute Gasteiger partial charge is 0.341 e. The van der Waals surface area contributed by atoms with E-state index in [2.05, 4.69) is 5.32 Å². The largest absolute Gasteiger partial charge is 0.480 e. The summed E-state index contributed by atoms with van der Waals surface area (Å²) in [7, 11) is 0. The lowest BCUT2D eigenvalue weighted by molar-refractivity contribution is -0.139. The van der Waals surface area contributed by atoms with Crippen LogP contribution in [0, 0.1) is 0 Å². The Bertz CT molecular complexity index is 523. The van der Waals surface area contributed by atoms with E-state index in [1.165, 1.54) is 0 Å². The molecular weight excluding hydrogens is 292 g/mol. The number of anilines is 1. The lowest BCUT2D eigenvalue weighted by atomic mass is 10.3. The van der Waals surface area contributed by atoms with Crippen LogP contribution in [0.4, 0.5) is 10.5 Å². The van der Waals surface area contributed by atoms with E-state index in [1.807, 2.05) is 18.7 Å². The first-order chi connectivity index (χ1) is 10.1. The minimum atomic E-state index is -1.06. The zero-order valence-corrected chi connectivity index (χ0v) is 12.6. The van der Waals surface area contributed by atoms with Crippen LogP contribution >= 0.6 is 11.8 Å². The standard InChI is InChI=1S/C14H18N2O4S/c1-10-9-21-7-6-16(10)14(19)15-11-4-2-3-5-12(11)20-8-13(17)18/h2-5,10H,6-9H2,1H3,(H,15,19)(H,17,18). The molecular formula is C14H18N2O4S. The summed E-state index contributed by atoms with van der Waals surface area (Å²) in [5.41, 5.74) is 0.481. The van der Waals surface area contributed by atoms with Gasteiger partial charge in [-0.25, -0.2) is 9.59 Å². The molecule has 1 heterocycles. The van der Waals surface area contributed by atoms with E-state index >= 15 is 0 Å². The summed E-state index contributed by atoms with van der Waals surface area (Å²) in [5.74, 6) is 1.14. The number of para-hydroxylation sites is 2. The highest BCUT2D eigenvalue weighted by molar-refractivity contribution is 7.99. The first kappa shape index (κ1) is 15.5. The van der Waals surface area contributed by atoms with Gasteiger partial charge in [-0.3, -0.25) is 0 Å². The fourth-order valence-electron chi connectivity index (χ4n) is 2.05.